The van der Waals surface area contributed by atoms with Gasteiger partial charge in [0.25, 0.3) is 5.56 Å². The quantitative estimate of drug-likeness (QED) is 0.473. The van der Waals surface area contributed by atoms with Gasteiger partial charge in [0.1, 0.15) is 12.4 Å². The van der Waals surface area contributed by atoms with Crippen LogP contribution in [0, 0.1) is 0 Å². The number of hydrogen-bond acceptors (Lipinski definition) is 5. The number of H-pyrrole nitrogens is 1. The van der Waals surface area contributed by atoms with E-state index < -0.39 is 5.92 Å². The summed E-state index contributed by atoms with van der Waals surface area (Å²) in [6.45, 7) is 0.404. The first-order valence-corrected chi connectivity index (χ1v) is 10.3. The highest BCUT2D eigenvalue weighted by Gasteiger charge is 2.33. The van der Waals surface area contributed by atoms with Crippen LogP contribution >= 0.6 is 0 Å². The second-order valence-electron chi connectivity index (χ2n) is 7.66. The van der Waals surface area contributed by atoms with Gasteiger partial charge < -0.3 is 19.2 Å². The molecule has 5 rings (SSSR count). The molecule has 1 aliphatic heterocycles. The molecule has 0 unspecified atom stereocenters. The van der Waals surface area contributed by atoms with Crippen LogP contribution in [-0.2, 0) is 11.4 Å². The van der Waals surface area contributed by atoms with Gasteiger partial charge in [0, 0.05) is 11.3 Å². The topological polar surface area (TPSA) is 77.6 Å². The fourth-order valence-electron chi connectivity index (χ4n) is 4.12. The number of nitrogens with one attached hydrogen (secondary N) is 1. The lowest BCUT2D eigenvalue weighted by molar-refractivity contribution is -0.135. The summed E-state index contributed by atoms with van der Waals surface area (Å²) in [5, 5.41) is 0.704. The second kappa shape index (κ2) is 8.23. The number of ether oxygens (including phenoxy) is 3. The maximum absolute atomic E-state index is 12.9. The number of carbonyl (C=O) groups is 1. The Balaban J connectivity index is 1.53. The summed E-state index contributed by atoms with van der Waals surface area (Å²) in [6, 6.07) is 22.6. The summed E-state index contributed by atoms with van der Waals surface area (Å²) in [5.74, 6) is 0.634. The van der Waals surface area contributed by atoms with Crippen molar-refractivity contribution >= 4 is 16.9 Å². The van der Waals surface area contributed by atoms with Gasteiger partial charge in [-0.25, -0.2) is 0 Å². The van der Waals surface area contributed by atoms with Crippen molar-refractivity contribution in [2.75, 3.05) is 7.11 Å². The largest absolute Gasteiger partial charge is 0.493 e. The number of methoxy groups -OCH3 is 1. The number of hydrogen-bond donors (Lipinski definition) is 1. The Morgan fingerprint density at radius 1 is 0.969 bits per heavy atom. The highest BCUT2D eigenvalue weighted by Crippen LogP contribution is 2.42. The zero-order chi connectivity index (χ0) is 22.1. The lowest BCUT2D eigenvalue weighted by Gasteiger charge is -2.25. The zero-order valence-electron chi connectivity index (χ0n) is 17.5. The van der Waals surface area contributed by atoms with Crippen LogP contribution in [0.15, 0.2) is 77.6 Å². The van der Waals surface area contributed by atoms with Crippen molar-refractivity contribution in [3.8, 4) is 17.2 Å². The molecule has 3 aromatic carbocycles. The lowest BCUT2D eigenvalue weighted by atomic mass is 9.86. The number of rotatable bonds is 5. The third-order valence-electron chi connectivity index (χ3n) is 5.67. The van der Waals surface area contributed by atoms with Gasteiger partial charge in [0.2, 0.25) is 0 Å². The van der Waals surface area contributed by atoms with Gasteiger partial charge in [0.05, 0.1) is 24.6 Å². The van der Waals surface area contributed by atoms with E-state index in [1.807, 2.05) is 66.7 Å². The summed E-state index contributed by atoms with van der Waals surface area (Å²) in [6.07, 6.45) is 0.0712. The number of pyridine rings is 1. The molecule has 1 N–H and O–H groups in total. The van der Waals surface area contributed by atoms with Crippen LogP contribution in [0.3, 0.4) is 0 Å². The third-order valence-corrected chi connectivity index (χ3v) is 5.67. The monoisotopic (exact) mass is 427 g/mol. The molecule has 0 fully saturated rings. The fraction of sp³-hybridized carbons (Fsp3) is 0.154. The summed E-state index contributed by atoms with van der Waals surface area (Å²) in [7, 11) is 1.57. The smallest absolute Gasteiger partial charge is 0.312 e. The summed E-state index contributed by atoms with van der Waals surface area (Å²) in [5.41, 5.74) is 2.64. The normalized spacial score (nSPS) is 15.2. The standard InChI is InChI=1S/C26H21NO5/c1-30-22-13-17(11-12-21(22)31-15-16-7-3-2-4-8-16)19-14-23(28)32-25-18-9-5-6-10-20(18)27-26(29)24(19)25/h2-13,19H,14-15H2,1H3,(H,27,29)/t19-/m0/s1. The first-order chi connectivity index (χ1) is 15.6. The van der Waals surface area contributed by atoms with Crippen LogP contribution in [-0.4, -0.2) is 18.1 Å². The minimum atomic E-state index is -0.448. The van der Waals surface area contributed by atoms with Gasteiger partial charge in [-0.2, -0.15) is 0 Å². The molecule has 0 radical (unpaired) electrons. The van der Waals surface area contributed by atoms with Gasteiger partial charge in [-0.3, -0.25) is 9.59 Å². The number of fused-ring (bicyclic) bond motifs is 3. The van der Waals surface area contributed by atoms with Crippen LogP contribution in [0.2, 0.25) is 0 Å². The second-order valence-corrected chi connectivity index (χ2v) is 7.66. The number of esters is 1. The summed E-state index contributed by atoms with van der Waals surface area (Å²) in [4.78, 5) is 28.3. The molecule has 0 aliphatic carbocycles. The predicted molar refractivity (Wildman–Crippen MR) is 120 cm³/mol. The van der Waals surface area contributed by atoms with E-state index in [0.29, 0.717) is 40.3 Å². The number of carbonyl (C=O) groups excluding carboxylic acids is 1. The highest BCUT2D eigenvalue weighted by atomic mass is 16.5. The molecule has 2 heterocycles. The van der Waals surface area contributed by atoms with Crippen molar-refractivity contribution in [2.45, 2.75) is 18.9 Å². The maximum Gasteiger partial charge on any atom is 0.312 e. The molecule has 1 aliphatic rings. The molecule has 1 aromatic heterocycles. The van der Waals surface area contributed by atoms with Crippen LogP contribution in [0.25, 0.3) is 10.9 Å². The van der Waals surface area contributed by atoms with E-state index >= 15 is 0 Å². The van der Waals surface area contributed by atoms with Crippen LogP contribution in [0.5, 0.6) is 17.2 Å². The molecule has 160 valence electrons. The number of benzene rings is 3. The van der Waals surface area contributed by atoms with Crippen molar-refractivity contribution in [1.29, 1.82) is 0 Å². The third kappa shape index (κ3) is 3.60. The first kappa shape index (κ1) is 19.9. The Morgan fingerprint density at radius 2 is 1.75 bits per heavy atom. The van der Waals surface area contributed by atoms with E-state index in [1.165, 1.54) is 0 Å². The Kier molecular flexibility index (Phi) is 5.11. The van der Waals surface area contributed by atoms with Crippen molar-refractivity contribution in [1.82, 2.24) is 4.98 Å². The van der Waals surface area contributed by atoms with Gasteiger partial charge in [-0.15, -0.1) is 0 Å². The summed E-state index contributed by atoms with van der Waals surface area (Å²) < 4.78 is 17.0. The predicted octanol–water partition coefficient (Wildman–Crippen LogP) is 4.56. The van der Waals surface area contributed by atoms with E-state index in [9.17, 15) is 9.59 Å². The van der Waals surface area contributed by atoms with Gasteiger partial charge >= 0.3 is 5.97 Å². The van der Waals surface area contributed by atoms with Crippen LogP contribution < -0.4 is 19.8 Å². The SMILES string of the molecule is COc1cc([C@@H]2CC(=O)Oc3c2c(=O)[nH]c2ccccc32)ccc1OCc1ccccc1. The number of aromatic amines is 1. The zero-order valence-corrected chi connectivity index (χ0v) is 17.5. The fourth-order valence-corrected chi connectivity index (χ4v) is 4.12. The van der Waals surface area contributed by atoms with Gasteiger partial charge in [-0.1, -0.05) is 48.5 Å². The van der Waals surface area contributed by atoms with Crippen molar-refractivity contribution in [3.05, 3.63) is 99.8 Å². The van der Waals surface area contributed by atoms with Gasteiger partial charge in [0.15, 0.2) is 11.5 Å². The molecule has 6 heteroatoms. The Hall–Kier alpha value is -4.06. The average molecular weight is 427 g/mol. The Labute approximate surface area is 184 Å². The molecule has 0 amide bonds. The maximum atomic E-state index is 12.9. The minimum Gasteiger partial charge on any atom is -0.493 e. The summed E-state index contributed by atoms with van der Waals surface area (Å²) >= 11 is 0. The van der Waals surface area contributed by atoms with E-state index in [0.717, 1.165) is 11.1 Å². The van der Waals surface area contributed by atoms with E-state index in [1.54, 1.807) is 13.2 Å². The number of para-hydroxylation sites is 1. The molecule has 6 nitrogen and oxygen atoms in total. The van der Waals surface area contributed by atoms with Crippen molar-refractivity contribution in [2.24, 2.45) is 0 Å². The van der Waals surface area contributed by atoms with E-state index in [4.69, 9.17) is 14.2 Å². The first-order valence-electron chi connectivity index (χ1n) is 10.3. The molecule has 0 bridgehead atoms. The molecule has 32 heavy (non-hydrogen) atoms. The number of aromatic nitrogens is 1. The highest BCUT2D eigenvalue weighted by molar-refractivity contribution is 5.91. The van der Waals surface area contributed by atoms with Crippen LogP contribution in [0.1, 0.15) is 29.0 Å². The van der Waals surface area contributed by atoms with Crippen molar-refractivity contribution in [3.63, 3.8) is 0 Å². The van der Waals surface area contributed by atoms with Crippen LogP contribution in [0.4, 0.5) is 0 Å². The van der Waals surface area contributed by atoms with Gasteiger partial charge in [-0.05, 0) is 35.4 Å². The van der Waals surface area contributed by atoms with E-state index in [-0.39, 0.29) is 17.9 Å². The molecule has 0 saturated heterocycles. The average Bonchev–Trinajstić information content (AvgIpc) is 2.82. The minimum absolute atomic E-state index is 0.0712. The molecule has 0 saturated carbocycles. The van der Waals surface area contributed by atoms with E-state index in [2.05, 4.69) is 4.98 Å². The molecule has 4 aromatic rings. The molecule has 1 atom stereocenters. The Bertz CT molecular complexity index is 1360. The molecular formula is C26H21NO5. The molecular weight excluding hydrogens is 406 g/mol. The lowest BCUT2D eigenvalue weighted by Crippen LogP contribution is -2.28. The molecule has 0 spiro atoms. The van der Waals surface area contributed by atoms with Crippen molar-refractivity contribution < 1.29 is 19.0 Å². The Morgan fingerprint density at radius 3 is 2.56 bits per heavy atom.